The number of rotatable bonds is 5. The summed E-state index contributed by atoms with van der Waals surface area (Å²) in [6, 6.07) is 6.12. The summed E-state index contributed by atoms with van der Waals surface area (Å²) in [4.78, 5) is 6.07. The molecule has 100 valence electrons. The van der Waals surface area contributed by atoms with Crippen molar-refractivity contribution in [2.75, 3.05) is 32.2 Å². The van der Waals surface area contributed by atoms with E-state index in [2.05, 4.69) is 10.4 Å². The zero-order chi connectivity index (χ0) is 13.4. The average molecular weight is 254 g/mol. The zero-order valence-electron chi connectivity index (χ0n) is 10.7. The van der Waals surface area contributed by atoms with Crippen LogP contribution in [0.15, 0.2) is 29.3 Å². The van der Waals surface area contributed by atoms with E-state index in [0.29, 0.717) is 19.1 Å². The maximum Gasteiger partial charge on any atom is 0.212 e. The molecule has 0 heterocycles. The highest BCUT2D eigenvalue weighted by Crippen LogP contribution is 2.12. The largest absolute Gasteiger partial charge is 0.385 e. The summed E-state index contributed by atoms with van der Waals surface area (Å²) in [5.74, 6) is 5.68. The van der Waals surface area contributed by atoms with Crippen molar-refractivity contribution < 1.29 is 9.13 Å². The van der Waals surface area contributed by atoms with Gasteiger partial charge in [0.25, 0.3) is 0 Å². The number of guanidine groups is 1. The van der Waals surface area contributed by atoms with Crippen LogP contribution in [0.2, 0.25) is 0 Å². The van der Waals surface area contributed by atoms with Gasteiger partial charge in [-0.2, -0.15) is 0 Å². The Kier molecular flexibility index (Phi) is 6.10. The van der Waals surface area contributed by atoms with Gasteiger partial charge in [0.2, 0.25) is 5.96 Å². The number of hydrazine groups is 1. The van der Waals surface area contributed by atoms with Crippen molar-refractivity contribution in [3.63, 3.8) is 0 Å². The standard InChI is InChI=1S/C12H19FN4O/c1-17(11-6-4-10(13)5-7-11)12(16-14)15-8-3-9-18-2/h4-7H,3,8-9,14H2,1-2H3,(H,15,16). The summed E-state index contributed by atoms with van der Waals surface area (Å²) in [7, 11) is 3.46. The molecular formula is C12H19FN4O. The molecule has 1 aromatic rings. The van der Waals surface area contributed by atoms with Crippen LogP contribution in [-0.2, 0) is 4.74 Å². The molecule has 0 amide bonds. The van der Waals surface area contributed by atoms with Gasteiger partial charge in [-0.3, -0.25) is 10.4 Å². The fourth-order valence-corrected chi connectivity index (χ4v) is 1.43. The summed E-state index contributed by atoms with van der Waals surface area (Å²) >= 11 is 0. The van der Waals surface area contributed by atoms with Crippen molar-refractivity contribution in [3.8, 4) is 0 Å². The lowest BCUT2D eigenvalue weighted by atomic mass is 10.3. The second-order valence-corrected chi connectivity index (χ2v) is 3.73. The van der Waals surface area contributed by atoms with E-state index in [1.54, 1.807) is 24.1 Å². The van der Waals surface area contributed by atoms with Gasteiger partial charge < -0.3 is 9.64 Å². The third-order valence-corrected chi connectivity index (χ3v) is 2.43. The summed E-state index contributed by atoms with van der Waals surface area (Å²) in [5, 5.41) is 0. The van der Waals surface area contributed by atoms with Gasteiger partial charge in [0.05, 0.1) is 0 Å². The molecule has 0 atom stereocenters. The lowest BCUT2D eigenvalue weighted by molar-refractivity contribution is 0.197. The van der Waals surface area contributed by atoms with Crippen LogP contribution in [0.1, 0.15) is 6.42 Å². The number of benzene rings is 1. The third-order valence-electron chi connectivity index (χ3n) is 2.43. The molecule has 18 heavy (non-hydrogen) atoms. The second kappa shape index (κ2) is 7.62. The van der Waals surface area contributed by atoms with Gasteiger partial charge in [-0.15, -0.1) is 0 Å². The van der Waals surface area contributed by atoms with Crippen LogP contribution in [0.5, 0.6) is 0 Å². The molecule has 1 aromatic carbocycles. The van der Waals surface area contributed by atoms with E-state index in [-0.39, 0.29) is 5.82 Å². The van der Waals surface area contributed by atoms with Crippen LogP contribution < -0.4 is 16.2 Å². The molecule has 1 rings (SSSR count). The van der Waals surface area contributed by atoms with E-state index in [9.17, 15) is 4.39 Å². The maximum absolute atomic E-state index is 12.8. The highest BCUT2D eigenvalue weighted by atomic mass is 19.1. The van der Waals surface area contributed by atoms with E-state index in [4.69, 9.17) is 10.6 Å². The number of hydrogen-bond donors (Lipinski definition) is 2. The Bertz CT molecular complexity index is 380. The van der Waals surface area contributed by atoms with Crippen molar-refractivity contribution in [2.24, 2.45) is 10.8 Å². The molecule has 0 aliphatic heterocycles. The summed E-state index contributed by atoms with van der Waals surface area (Å²) in [6.45, 7) is 1.26. The van der Waals surface area contributed by atoms with Gasteiger partial charge in [0, 0.05) is 33.0 Å². The van der Waals surface area contributed by atoms with Crippen molar-refractivity contribution in [3.05, 3.63) is 30.1 Å². The maximum atomic E-state index is 12.8. The molecule has 0 spiro atoms. The Morgan fingerprint density at radius 1 is 1.44 bits per heavy atom. The molecular weight excluding hydrogens is 235 g/mol. The molecule has 0 unspecified atom stereocenters. The van der Waals surface area contributed by atoms with Crippen molar-refractivity contribution in [2.45, 2.75) is 6.42 Å². The van der Waals surface area contributed by atoms with E-state index in [0.717, 1.165) is 12.1 Å². The number of ether oxygens (including phenoxy) is 1. The van der Waals surface area contributed by atoms with E-state index in [1.165, 1.54) is 12.1 Å². The quantitative estimate of drug-likeness (QED) is 0.272. The van der Waals surface area contributed by atoms with Crippen molar-refractivity contribution in [1.29, 1.82) is 0 Å². The number of anilines is 1. The third kappa shape index (κ3) is 4.31. The first-order valence-electron chi connectivity index (χ1n) is 5.68. The fraction of sp³-hybridized carbons (Fsp3) is 0.417. The molecule has 6 heteroatoms. The van der Waals surface area contributed by atoms with Gasteiger partial charge in [-0.1, -0.05) is 0 Å². The Morgan fingerprint density at radius 3 is 2.67 bits per heavy atom. The molecule has 0 bridgehead atoms. The minimum Gasteiger partial charge on any atom is -0.385 e. The Labute approximate surface area is 106 Å². The van der Waals surface area contributed by atoms with Crippen LogP contribution in [-0.4, -0.2) is 33.3 Å². The predicted octanol–water partition coefficient (Wildman–Crippen LogP) is 1.12. The van der Waals surface area contributed by atoms with Crippen LogP contribution in [0.4, 0.5) is 10.1 Å². The zero-order valence-corrected chi connectivity index (χ0v) is 10.7. The molecule has 0 saturated carbocycles. The first-order valence-corrected chi connectivity index (χ1v) is 5.68. The van der Waals surface area contributed by atoms with Crippen LogP contribution in [0.25, 0.3) is 0 Å². The van der Waals surface area contributed by atoms with Crippen molar-refractivity contribution in [1.82, 2.24) is 5.43 Å². The first-order chi connectivity index (χ1) is 8.69. The SMILES string of the molecule is COCCCN=C(NN)N(C)c1ccc(F)cc1. The van der Waals surface area contributed by atoms with E-state index in [1.807, 2.05) is 7.05 Å². The average Bonchev–Trinajstić information content (AvgIpc) is 2.39. The second-order valence-electron chi connectivity index (χ2n) is 3.73. The Hall–Kier alpha value is -1.66. The van der Waals surface area contributed by atoms with Gasteiger partial charge in [0.15, 0.2) is 0 Å². The molecule has 0 radical (unpaired) electrons. The highest BCUT2D eigenvalue weighted by molar-refractivity contribution is 5.95. The van der Waals surface area contributed by atoms with Crippen LogP contribution >= 0.6 is 0 Å². The van der Waals surface area contributed by atoms with Gasteiger partial charge >= 0.3 is 0 Å². The Morgan fingerprint density at radius 2 is 2.11 bits per heavy atom. The Balaban J connectivity index is 2.66. The minimum absolute atomic E-state index is 0.272. The van der Waals surface area contributed by atoms with Gasteiger partial charge in [-0.05, 0) is 30.7 Å². The lowest BCUT2D eigenvalue weighted by Gasteiger charge is -2.20. The van der Waals surface area contributed by atoms with Crippen LogP contribution in [0.3, 0.4) is 0 Å². The smallest absolute Gasteiger partial charge is 0.212 e. The topological polar surface area (TPSA) is 62.9 Å². The first kappa shape index (κ1) is 14.4. The number of methoxy groups -OCH3 is 1. The molecule has 0 saturated heterocycles. The van der Waals surface area contributed by atoms with E-state index >= 15 is 0 Å². The normalized spacial score (nSPS) is 11.4. The van der Waals surface area contributed by atoms with Gasteiger partial charge in [0.1, 0.15) is 5.82 Å². The predicted molar refractivity (Wildman–Crippen MR) is 70.9 cm³/mol. The van der Waals surface area contributed by atoms with Crippen LogP contribution in [0, 0.1) is 5.82 Å². The lowest BCUT2D eigenvalue weighted by Crippen LogP contribution is -2.43. The minimum atomic E-state index is -0.272. The molecule has 3 N–H and O–H groups in total. The number of nitrogens with one attached hydrogen (secondary N) is 1. The van der Waals surface area contributed by atoms with Gasteiger partial charge in [-0.25, -0.2) is 10.2 Å². The monoisotopic (exact) mass is 254 g/mol. The summed E-state index contributed by atoms with van der Waals surface area (Å²) in [6.07, 6.45) is 0.818. The number of nitrogens with two attached hydrogens (primary N) is 1. The van der Waals surface area contributed by atoms with E-state index < -0.39 is 0 Å². The highest BCUT2D eigenvalue weighted by Gasteiger charge is 2.07. The molecule has 0 aliphatic carbocycles. The number of halogens is 1. The molecule has 0 fully saturated rings. The summed E-state index contributed by atoms with van der Waals surface area (Å²) < 4.78 is 17.8. The summed E-state index contributed by atoms with van der Waals surface area (Å²) in [5.41, 5.74) is 3.34. The van der Waals surface area contributed by atoms with Crippen molar-refractivity contribution >= 4 is 11.6 Å². The number of nitrogens with zero attached hydrogens (tertiary/aromatic N) is 2. The molecule has 5 nitrogen and oxygen atoms in total. The number of aliphatic imine (C=N–C) groups is 1. The molecule has 0 aromatic heterocycles. The fourth-order valence-electron chi connectivity index (χ4n) is 1.43. The molecule has 0 aliphatic rings. The number of hydrogen-bond acceptors (Lipinski definition) is 3.